The fourth-order valence-electron chi connectivity index (χ4n) is 4.82. The van der Waals surface area contributed by atoms with E-state index in [1.807, 2.05) is 0 Å². The van der Waals surface area contributed by atoms with Crippen LogP contribution in [-0.2, 0) is 28.8 Å². The van der Waals surface area contributed by atoms with Gasteiger partial charge in [0.25, 0.3) is 0 Å². The first-order valence-electron chi connectivity index (χ1n) is 17.2. The van der Waals surface area contributed by atoms with Gasteiger partial charge in [0.05, 0.1) is 0 Å². The number of hydrogen-bond acceptors (Lipinski definition) is 17. The Bertz CT molecular complexity index is 2400. The van der Waals surface area contributed by atoms with Gasteiger partial charge < -0.3 is 75.8 Å². The van der Waals surface area contributed by atoms with Crippen molar-refractivity contribution in [3.05, 3.63) is 91.0 Å². The molecule has 63 heavy (non-hydrogen) atoms. The van der Waals surface area contributed by atoms with Crippen molar-refractivity contribution in [1.29, 1.82) is 0 Å². The molecule has 0 saturated heterocycles. The largest absolute Gasteiger partial charge is 0.504 e. The van der Waals surface area contributed by atoms with Crippen LogP contribution in [0.5, 0.6) is 57.5 Å². The van der Waals surface area contributed by atoms with Crippen LogP contribution < -0.4 is 55.4 Å². The summed E-state index contributed by atoms with van der Waals surface area (Å²) in [5.41, 5.74) is 7.29. The first-order valence-corrected chi connectivity index (χ1v) is 17.9. The Hall–Kier alpha value is -8.30. The minimum absolute atomic E-state index is 0. The summed E-state index contributed by atoms with van der Waals surface area (Å²) >= 11 is 8.98. The van der Waals surface area contributed by atoms with Gasteiger partial charge in [-0.2, -0.15) is 0 Å². The summed E-state index contributed by atoms with van der Waals surface area (Å²) in [6.07, 6.45) is 0. The van der Waals surface area contributed by atoms with Crippen LogP contribution in [0.3, 0.4) is 0 Å². The van der Waals surface area contributed by atoms with Gasteiger partial charge >= 0.3 is 34.1 Å². The molecule has 0 aliphatic carbocycles. The summed E-state index contributed by atoms with van der Waals surface area (Å²) in [4.78, 5) is 66.2. The lowest BCUT2D eigenvalue weighted by molar-refractivity contribution is -0.133. The van der Waals surface area contributed by atoms with E-state index in [-0.39, 0.29) is 43.9 Å². The van der Waals surface area contributed by atoms with Crippen molar-refractivity contribution in [3.63, 3.8) is 0 Å². The van der Waals surface area contributed by atoms with Gasteiger partial charge in [-0.3, -0.25) is 28.8 Å². The molecule has 0 bridgehead atoms. The summed E-state index contributed by atoms with van der Waals surface area (Å²) in [6.45, 7) is 0.577. The SMILES string of the molecule is C.Nc1ccc2c(c1)OCO2.O=C(Cl)C(=O)Cl.O=C(Nc1ccc(O)c(O)c1)C(=O)Nc1ccc(O)c(O)c1.O=C(Nc1ccc2c(c1)OCO2)C(=O)Nc1ccc2c(c1)OCO2. The van der Waals surface area contributed by atoms with Crippen molar-refractivity contribution in [2.24, 2.45) is 0 Å². The predicted molar refractivity (Wildman–Crippen MR) is 225 cm³/mol. The van der Waals surface area contributed by atoms with Gasteiger partial charge in [-0.25, -0.2) is 0 Å². The highest BCUT2D eigenvalue weighted by atomic mass is 35.5. The molecule has 10 N–H and O–H groups in total. The highest BCUT2D eigenvalue weighted by Crippen LogP contribution is 2.36. The number of nitrogens with one attached hydrogen (secondary N) is 4. The molecule has 0 unspecified atom stereocenters. The molecule has 0 saturated carbocycles. The summed E-state index contributed by atoms with van der Waals surface area (Å²) in [5.74, 6) is -1.50. The molecule has 0 spiro atoms. The second-order valence-corrected chi connectivity index (χ2v) is 12.7. The molecule has 3 aliphatic rings. The number of nitrogen functional groups attached to an aromatic ring is 1. The Kier molecular flexibility index (Phi) is 16.4. The van der Waals surface area contributed by atoms with Gasteiger partial charge in [0, 0.05) is 58.8 Å². The molecule has 21 nitrogen and oxygen atoms in total. The number of aromatic hydroxyl groups is 4. The maximum absolute atomic E-state index is 12.0. The van der Waals surface area contributed by atoms with Crippen LogP contribution in [0.2, 0.25) is 0 Å². The van der Waals surface area contributed by atoms with E-state index in [0.717, 1.165) is 35.8 Å². The van der Waals surface area contributed by atoms with Crippen LogP contribution in [0, 0.1) is 0 Å². The van der Waals surface area contributed by atoms with E-state index in [1.165, 1.54) is 12.1 Å². The Morgan fingerprint density at radius 2 is 0.698 bits per heavy atom. The lowest BCUT2D eigenvalue weighted by Gasteiger charge is -2.08. The first kappa shape index (κ1) is 47.4. The van der Waals surface area contributed by atoms with Crippen molar-refractivity contribution in [1.82, 2.24) is 0 Å². The van der Waals surface area contributed by atoms with Crippen LogP contribution in [0.4, 0.5) is 28.4 Å². The minimum atomic E-state index is -1.14. The maximum atomic E-state index is 12.0. The number of nitrogens with two attached hydrogens (primary N) is 1. The van der Waals surface area contributed by atoms with Crippen molar-refractivity contribution in [2.75, 3.05) is 47.4 Å². The summed E-state index contributed by atoms with van der Waals surface area (Å²) < 4.78 is 31.0. The van der Waals surface area contributed by atoms with E-state index >= 15 is 0 Å². The third-order valence-electron chi connectivity index (χ3n) is 7.69. The Balaban J connectivity index is 0.000000204. The number of carbonyl (C=O) groups excluding carboxylic acids is 6. The van der Waals surface area contributed by atoms with E-state index in [1.54, 1.807) is 54.6 Å². The zero-order valence-electron chi connectivity index (χ0n) is 31.3. The highest BCUT2D eigenvalue weighted by Gasteiger charge is 2.20. The number of hydrogen-bond donors (Lipinski definition) is 9. The molecule has 330 valence electrons. The van der Waals surface area contributed by atoms with Crippen LogP contribution in [-0.4, -0.2) is 74.9 Å². The van der Waals surface area contributed by atoms with E-state index < -0.39 is 45.6 Å². The zero-order chi connectivity index (χ0) is 44.9. The molecular formula is C40H35Cl2N5O16. The topological polar surface area (TPSA) is 313 Å². The Labute approximate surface area is 365 Å². The number of halogens is 2. The van der Waals surface area contributed by atoms with Gasteiger partial charge in [-0.05, 0) is 83.9 Å². The number of amides is 4. The molecular weight excluding hydrogens is 877 g/mol. The van der Waals surface area contributed by atoms with Crippen LogP contribution in [0.25, 0.3) is 0 Å². The fraction of sp³-hybridized carbons (Fsp3) is 0.100. The fourth-order valence-corrected chi connectivity index (χ4v) is 4.82. The van der Waals surface area contributed by atoms with Gasteiger partial charge in [-0.15, -0.1) is 0 Å². The van der Waals surface area contributed by atoms with Gasteiger partial charge in [-0.1, -0.05) is 7.43 Å². The van der Waals surface area contributed by atoms with E-state index in [0.29, 0.717) is 46.9 Å². The number of phenols is 4. The third kappa shape index (κ3) is 13.6. The quantitative estimate of drug-likeness (QED) is 0.0370. The zero-order valence-corrected chi connectivity index (χ0v) is 32.8. The number of anilines is 5. The standard InChI is InChI=1S/C16H12N2O6.C14H12N2O6.C7H7NO2.C2Cl2O2.CH4/c19-15(17-9-1-3-11-13(5-9)23-7-21-11)16(20)18-10-2-4-12-14(6-10)24-8-22-12;17-9-3-1-7(5-11(9)19)15-13(21)14(22)16-8-2-4-10(18)12(20)6-8;8-5-1-2-6-7(3-5)10-4-9-6;3-1(5)2(4)6;/h1-6H,7-8H2,(H,17,19)(H,18,20);1-6,17-20H,(H,15,21)(H,16,22);1-3H,4,8H2;;1H4. The van der Waals surface area contributed by atoms with E-state index in [2.05, 4.69) is 44.5 Å². The van der Waals surface area contributed by atoms with E-state index in [9.17, 15) is 39.0 Å². The normalized spacial score (nSPS) is 11.5. The highest BCUT2D eigenvalue weighted by molar-refractivity contribution is 6.97. The molecule has 8 rings (SSSR count). The number of fused-ring (bicyclic) bond motifs is 3. The van der Waals surface area contributed by atoms with Crippen LogP contribution >= 0.6 is 23.2 Å². The molecule has 4 amide bonds. The summed E-state index contributed by atoms with van der Waals surface area (Å²) in [6, 6.07) is 22.1. The third-order valence-corrected chi connectivity index (χ3v) is 8.13. The molecule has 3 aliphatic heterocycles. The summed E-state index contributed by atoms with van der Waals surface area (Å²) in [5, 5.41) is 44.0. The monoisotopic (exact) mass is 911 g/mol. The van der Waals surface area contributed by atoms with Crippen molar-refractivity contribution in [3.8, 4) is 57.5 Å². The molecule has 5 aromatic carbocycles. The van der Waals surface area contributed by atoms with Gasteiger partial charge in [0.2, 0.25) is 20.4 Å². The average molecular weight is 913 g/mol. The molecule has 0 fully saturated rings. The number of ether oxygens (including phenoxy) is 6. The molecule has 5 aromatic rings. The van der Waals surface area contributed by atoms with Crippen LogP contribution in [0.1, 0.15) is 7.43 Å². The Morgan fingerprint density at radius 1 is 0.413 bits per heavy atom. The van der Waals surface area contributed by atoms with Crippen molar-refractivity contribution >= 4 is 85.8 Å². The lowest BCUT2D eigenvalue weighted by atomic mass is 10.2. The number of rotatable bonds is 5. The number of benzene rings is 5. The maximum Gasteiger partial charge on any atom is 0.314 e. The number of carbonyl (C=O) groups is 6. The molecule has 23 heteroatoms. The molecule has 0 atom stereocenters. The first-order chi connectivity index (χ1) is 29.6. The second-order valence-electron chi connectivity index (χ2n) is 12.0. The second kappa shape index (κ2) is 21.8. The van der Waals surface area contributed by atoms with Gasteiger partial charge in [0.1, 0.15) is 0 Å². The predicted octanol–water partition coefficient (Wildman–Crippen LogP) is 4.96. The summed E-state index contributed by atoms with van der Waals surface area (Å²) in [7, 11) is 0. The van der Waals surface area contributed by atoms with Crippen molar-refractivity contribution in [2.45, 2.75) is 7.43 Å². The van der Waals surface area contributed by atoms with E-state index in [4.69, 9.17) is 44.4 Å². The number of phenolic OH excluding ortho intramolecular Hbond substituents is 4. The average Bonchev–Trinajstić information content (AvgIpc) is 4.02. The molecule has 0 radical (unpaired) electrons. The lowest BCUT2D eigenvalue weighted by Crippen LogP contribution is -2.29. The van der Waals surface area contributed by atoms with Crippen LogP contribution in [0.15, 0.2) is 91.0 Å². The minimum Gasteiger partial charge on any atom is -0.504 e. The molecule has 0 aromatic heterocycles. The smallest absolute Gasteiger partial charge is 0.314 e. The van der Waals surface area contributed by atoms with Crippen molar-refractivity contribution < 1.29 is 77.6 Å². The Morgan fingerprint density at radius 3 is 1.03 bits per heavy atom. The molecule has 3 heterocycles. The van der Waals surface area contributed by atoms with Gasteiger partial charge in [0.15, 0.2) is 57.5 Å².